The lowest BCUT2D eigenvalue weighted by atomic mass is 10.0. The molecule has 0 aromatic rings. The molecule has 2 atom stereocenters. The monoisotopic (exact) mass is 1350 g/mol. The summed E-state index contributed by atoms with van der Waals surface area (Å²) in [6.07, 6.45) is 109. The molecule has 0 amide bonds. The SMILES string of the molecule is CC/C=C\C/C=C\C/C=C\C/C=C\C/C=C\CCCCCCCCCCCCCCCCCCCCCCCC(=O)OC(COC(=O)CCCCCCCCCCCCCCCCCCCCCCCCCCC/C=C\C/C=C\CCCCCCC)COP(=O)(O)OCCN. The lowest BCUT2D eigenvalue weighted by Gasteiger charge is -2.19. The summed E-state index contributed by atoms with van der Waals surface area (Å²) >= 11 is 0. The summed E-state index contributed by atoms with van der Waals surface area (Å²) in [6.45, 7) is 3.69. The highest BCUT2D eigenvalue weighted by Gasteiger charge is 2.26. The van der Waals surface area contributed by atoms with Gasteiger partial charge < -0.3 is 20.1 Å². The number of carbonyl (C=O) groups excluding carboxylic acids is 2. The van der Waals surface area contributed by atoms with Crippen LogP contribution in [0.25, 0.3) is 0 Å². The topological polar surface area (TPSA) is 134 Å². The van der Waals surface area contributed by atoms with Crippen molar-refractivity contribution in [2.45, 2.75) is 418 Å². The van der Waals surface area contributed by atoms with Crippen LogP contribution in [0.3, 0.4) is 0 Å². The van der Waals surface area contributed by atoms with Crippen LogP contribution in [0.1, 0.15) is 412 Å². The number of allylic oxidation sites excluding steroid dienone is 14. The molecule has 0 spiro atoms. The predicted molar refractivity (Wildman–Crippen MR) is 413 cm³/mol. The average Bonchev–Trinajstić information content (AvgIpc) is 2.64. The summed E-state index contributed by atoms with van der Waals surface area (Å²) in [6, 6.07) is 0. The van der Waals surface area contributed by atoms with E-state index in [1.165, 1.54) is 308 Å². The van der Waals surface area contributed by atoms with Crippen LogP contribution < -0.4 is 5.73 Å². The number of phosphoric acid groups is 1. The maximum absolute atomic E-state index is 12.8. The van der Waals surface area contributed by atoms with Crippen molar-refractivity contribution in [3.8, 4) is 0 Å². The van der Waals surface area contributed by atoms with Gasteiger partial charge in [-0.05, 0) is 89.9 Å². The quantitative estimate of drug-likeness (QED) is 0.0264. The number of hydrogen-bond donors (Lipinski definition) is 2. The Morgan fingerprint density at radius 2 is 0.579 bits per heavy atom. The Balaban J connectivity index is 3.75. The minimum atomic E-state index is -4.40. The smallest absolute Gasteiger partial charge is 0.462 e. The number of nitrogens with two attached hydrogens (primary N) is 1. The van der Waals surface area contributed by atoms with Crippen molar-refractivity contribution in [1.82, 2.24) is 0 Å². The molecule has 3 N–H and O–H groups in total. The molecular weight excluding hydrogens is 1190 g/mol. The van der Waals surface area contributed by atoms with E-state index in [0.717, 1.165) is 70.6 Å². The van der Waals surface area contributed by atoms with E-state index in [1.54, 1.807) is 0 Å². The normalized spacial score (nSPS) is 13.3. The highest BCUT2D eigenvalue weighted by atomic mass is 31.2. The summed E-state index contributed by atoms with van der Waals surface area (Å²) in [4.78, 5) is 35.5. The first-order valence-corrected chi connectivity index (χ1v) is 42.6. The van der Waals surface area contributed by atoms with Crippen LogP contribution in [0.2, 0.25) is 0 Å². The van der Waals surface area contributed by atoms with E-state index in [0.29, 0.717) is 6.42 Å². The predicted octanol–water partition coefficient (Wildman–Crippen LogP) is 27.7. The molecule has 0 rings (SSSR count). The average molecular weight is 1350 g/mol. The Hall–Kier alpha value is -2.81. The van der Waals surface area contributed by atoms with Crippen molar-refractivity contribution < 1.29 is 37.6 Å². The number of hydrogen-bond acceptors (Lipinski definition) is 8. The molecule has 554 valence electrons. The Kier molecular flexibility index (Phi) is 77.8. The summed E-state index contributed by atoms with van der Waals surface area (Å²) in [5.41, 5.74) is 5.42. The van der Waals surface area contributed by atoms with Crippen molar-refractivity contribution in [2.24, 2.45) is 5.73 Å². The van der Waals surface area contributed by atoms with Crippen molar-refractivity contribution in [2.75, 3.05) is 26.4 Å². The lowest BCUT2D eigenvalue weighted by Crippen LogP contribution is -2.29. The molecule has 0 radical (unpaired) electrons. The van der Waals surface area contributed by atoms with Crippen LogP contribution in [-0.2, 0) is 32.7 Å². The van der Waals surface area contributed by atoms with Crippen molar-refractivity contribution in [1.29, 1.82) is 0 Å². The van der Waals surface area contributed by atoms with Crippen LogP contribution in [0.4, 0.5) is 0 Å². The largest absolute Gasteiger partial charge is 0.472 e. The standard InChI is InChI=1S/C85H156NO8P/c1-3-5-7-9-11-13-15-17-19-21-23-25-27-29-31-33-35-37-39-41-43-45-47-49-51-53-55-57-59-61-63-65-67-69-71-73-75-77-84(87)91-81-83(82-93-95(89,90)92-80-79-86)94-85(88)78-76-74-72-70-68-66-64-62-60-58-56-54-52-50-48-46-44-42-40-38-36-34-32-30-28-26-24-22-20-18-16-14-12-10-8-6-4-2/h6,8,12,14-15,17-18,20-21,23-24,26,30,32,83H,3-5,7,9-11,13,16,19,22,25,27-29,31,33-82,86H2,1-2H3,(H,89,90)/b8-6-,14-12-,17-15-,20-18-,23-21-,26-24-,32-30-. The fourth-order valence-electron chi connectivity index (χ4n) is 12.2. The van der Waals surface area contributed by atoms with Gasteiger partial charge in [-0.15, -0.1) is 0 Å². The van der Waals surface area contributed by atoms with Crippen molar-refractivity contribution >= 4 is 19.8 Å². The second kappa shape index (κ2) is 80.2. The molecule has 0 saturated heterocycles. The van der Waals surface area contributed by atoms with Crippen molar-refractivity contribution in [3.05, 3.63) is 85.1 Å². The van der Waals surface area contributed by atoms with Gasteiger partial charge in [0.05, 0.1) is 13.2 Å². The lowest BCUT2D eigenvalue weighted by molar-refractivity contribution is -0.161. The molecule has 9 nitrogen and oxygen atoms in total. The highest BCUT2D eigenvalue weighted by Crippen LogP contribution is 2.43. The molecule has 0 aliphatic carbocycles. The molecule has 0 aromatic heterocycles. The molecule has 95 heavy (non-hydrogen) atoms. The second-order valence-corrected chi connectivity index (χ2v) is 29.1. The van der Waals surface area contributed by atoms with E-state index < -0.39 is 26.5 Å². The zero-order valence-electron chi connectivity index (χ0n) is 62.7. The van der Waals surface area contributed by atoms with E-state index >= 15 is 0 Å². The number of ether oxygens (including phenoxy) is 2. The first-order valence-electron chi connectivity index (χ1n) is 41.1. The van der Waals surface area contributed by atoms with E-state index in [-0.39, 0.29) is 38.6 Å². The van der Waals surface area contributed by atoms with Crippen molar-refractivity contribution in [3.63, 3.8) is 0 Å². The maximum atomic E-state index is 12.8. The Labute approximate surface area is 589 Å². The van der Waals surface area contributed by atoms with E-state index in [2.05, 4.69) is 98.9 Å². The van der Waals surface area contributed by atoms with Gasteiger partial charge in [-0.1, -0.05) is 394 Å². The van der Waals surface area contributed by atoms with Gasteiger partial charge in [-0.2, -0.15) is 0 Å². The maximum Gasteiger partial charge on any atom is 0.472 e. The molecule has 0 aliphatic rings. The fourth-order valence-corrected chi connectivity index (χ4v) is 13.0. The van der Waals surface area contributed by atoms with Crippen LogP contribution in [-0.4, -0.2) is 49.3 Å². The minimum Gasteiger partial charge on any atom is -0.462 e. The van der Waals surface area contributed by atoms with Crippen LogP contribution in [0, 0.1) is 0 Å². The van der Waals surface area contributed by atoms with Crippen LogP contribution >= 0.6 is 7.82 Å². The Bertz CT molecular complexity index is 1840. The number of rotatable bonds is 78. The summed E-state index contributed by atoms with van der Waals surface area (Å²) < 4.78 is 33.3. The molecular formula is C85H156NO8P. The van der Waals surface area contributed by atoms with Gasteiger partial charge in [0.25, 0.3) is 0 Å². The second-order valence-electron chi connectivity index (χ2n) is 27.6. The first kappa shape index (κ1) is 92.2. The zero-order chi connectivity index (χ0) is 68.6. The van der Waals surface area contributed by atoms with E-state index in [9.17, 15) is 19.0 Å². The van der Waals surface area contributed by atoms with Crippen LogP contribution in [0.5, 0.6) is 0 Å². The van der Waals surface area contributed by atoms with E-state index in [4.69, 9.17) is 24.3 Å². The van der Waals surface area contributed by atoms with Gasteiger partial charge in [-0.3, -0.25) is 18.6 Å². The van der Waals surface area contributed by atoms with Crippen LogP contribution in [0.15, 0.2) is 85.1 Å². The first-order chi connectivity index (χ1) is 46.8. The van der Waals surface area contributed by atoms with Gasteiger partial charge in [0.1, 0.15) is 6.61 Å². The molecule has 0 aromatic carbocycles. The number of carbonyl (C=O) groups is 2. The molecule has 0 aliphatic heterocycles. The van der Waals surface area contributed by atoms with Gasteiger partial charge in [0.15, 0.2) is 6.10 Å². The molecule has 0 saturated carbocycles. The number of esters is 2. The van der Waals surface area contributed by atoms with Gasteiger partial charge in [0.2, 0.25) is 0 Å². The number of phosphoric ester groups is 1. The number of unbranched alkanes of at least 4 members (excludes halogenated alkanes) is 51. The Morgan fingerprint density at radius 1 is 0.326 bits per heavy atom. The molecule has 0 bridgehead atoms. The molecule has 0 fully saturated rings. The molecule has 10 heteroatoms. The highest BCUT2D eigenvalue weighted by molar-refractivity contribution is 7.47. The summed E-state index contributed by atoms with van der Waals surface area (Å²) in [5, 5.41) is 0. The summed E-state index contributed by atoms with van der Waals surface area (Å²) in [5.74, 6) is -0.805. The van der Waals surface area contributed by atoms with Gasteiger partial charge >= 0.3 is 19.8 Å². The third kappa shape index (κ3) is 80.1. The van der Waals surface area contributed by atoms with Gasteiger partial charge in [-0.25, -0.2) is 4.57 Å². The minimum absolute atomic E-state index is 0.0545. The third-order valence-corrected chi connectivity index (χ3v) is 19.2. The Morgan fingerprint density at radius 3 is 0.863 bits per heavy atom. The third-order valence-electron chi connectivity index (χ3n) is 18.3. The zero-order valence-corrected chi connectivity index (χ0v) is 63.6. The summed E-state index contributed by atoms with van der Waals surface area (Å²) in [7, 11) is -4.40. The fraction of sp³-hybridized carbons (Fsp3) is 0.812. The molecule has 2 unspecified atom stereocenters. The van der Waals surface area contributed by atoms with Gasteiger partial charge in [0, 0.05) is 19.4 Å². The van der Waals surface area contributed by atoms with E-state index in [1.807, 2.05) is 0 Å². The molecule has 0 heterocycles.